The van der Waals surface area contributed by atoms with Crippen LogP contribution >= 0.6 is 0 Å². The number of carbonyl (C=O) groups is 2. The van der Waals surface area contributed by atoms with Gasteiger partial charge in [0.1, 0.15) is 12.4 Å². The molecule has 1 aromatic heterocycles. The Hall–Kier alpha value is -3.19. The summed E-state index contributed by atoms with van der Waals surface area (Å²) in [7, 11) is 1.69. The third kappa shape index (κ3) is 7.65. The summed E-state index contributed by atoms with van der Waals surface area (Å²) in [6.07, 6.45) is -2.14. The maximum atomic E-state index is 12.5. The number of carboxylic acids is 1. The SMILES string of the molecule is CCCNC(=O)c1nnc2n1CC1(CCN(Cc3ccc(OC)cc3)CC1)COC2.O=C(O)C(F)(F)F. The summed E-state index contributed by atoms with van der Waals surface area (Å²) in [6, 6.07) is 8.28. The normalized spacial score (nSPS) is 17.2. The van der Waals surface area contributed by atoms with E-state index in [1.807, 2.05) is 23.6 Å². The highest BCUT2D eigenvalue weighted by molar-refractivity contribution is 5.90. The van der Waals surface area contributed by atoms with Gasteiger partial charge < -0.3 is 24.5 Å². The highest BCUT2D eigenvalue weighted by atomic mass is 19.4. The van der Waals surface area contributed by atoms with E-state index in [2.05, 4.69) is 32.5 Å². The quantitative estimate of drug-likeness (QED) is 0.589. The molecule has 1 amide bonds. The minimum atomic E-state index is -5.08. The molecule has 0 bridgehead atoms. The first kappa shape index (κ1) is 28.4. The number of ether oxygens (including phenoxy) is 2. The zero-order chi connectivity index (χ0) is 27.1. The summed E-state index contributed by atoms with van der Waals surface area (Å²) >= 11 is 0. The van der Waals surface area contributed by atoms with Crippen LogP contribution in [-0.2, 0) is 29.2 Å². The number of aliphatic carboxylic acids is 1. The molecule has 3 heterocycles. The van der Waals surface area contributed by atoms with Gasteiger partial charge in [0.15, 0.2) is 5.82 Å². The molecule has 1 fully saturated rings. The number of carbonyl (C=O) groups excluding carboxylic acids is 1. The van der Waals surface area contributed by atoms with Crippen molar-refractivity contribution in [2.45, 2.75) is 52.1 Å². The molecule has 0 atom stereocenters. The second-order valence-electron chi connectivity index (χ2n) is 9.20. The molecule has 10 nitrogen and oxygen atoms in total. The molecule has 1 spiro atoms. The second-order valence-corrected chi connectivity index (χ2v) is 9.20. The van der Waals surface area contributed by atoms with E-state index in [0.29, 0.717) is 25.6 Å². The Morgan fingerprint density at radius 1 is 1.19 bits per heavy atom. The number of hydrogen-bond donors (Lipinski definition) is 2. The number of aromatic nitrogens is 3. The number of fused-ring (bicyclic) bond motifs is 1. The first-order valence-corrected chi connectivity index (χ1v) is 12.0. The van der Waals surface area contributed by atoms with Crippen LogP contribution in [0.1, 0.15) is 48.2 Å². The van der Waals surface area contributed by atoms with E-state index in [-0.39, 0.29) is 11.3 Å². The molecular weight excluding hydrogens is 495 g/mol. The zero-order valence-electron chi connectivity index (χ0n) is 20.9. The molecule has 4 rings (SSSR count). The van der Waals surface area contributed by atoms with E-state index in [9.17, 15) is 18.0 Å². The number of halogens is 3. The van der Waals surface area contributed by atoms with Gasteiger partial charge in [-0.2, -0.15) is 13.2 Å². The number of nitrogens with zero attached hydrogens (tertiary/aromatic N) is 4. The van der Waals surface area contributed by atoms with E-state index in [1.54, 1.807) is 7.11 Å². The predicted molar refractivity (Wildman–Crippen MR) is 126 cm³/mol. The molecule has 2 aromatic rings. The van der Waals surface area contributed by atoms with Gasteiger partial charge in [-0.15, -0.1) is 10.2 Å². The minimum absolute atomic E-state index is 0.0177. The average Bonchev–Trinajstić information content (AvgIpc) is 3.17. The number of alkyl halides is 3. The molecule has 13 heteroatoms. The number of piperidine rings is 1. The van der Waals surface area contributed by atoms with Gasteiger partial charge in [-0.25, -0.2) is 4.79 Å². The van der Waals surface area contributed by atoms with Crippen molar-refractivity contribution in [1.29, 1.82) is 0 Å². The topological polar surface area (TPSA) is 119 Å². The fourth-order valence-electron chi connectivity index (χ4n) is 4.31. The number of carboxylic acid groups (broad SMARTS) is 1. The van der Waals surface area contributed by atoms with Crippen LogP contribution in [0.25, 0.3) is 0 Å². The molecule has 1 aromatic carbocycles. The molecule has 204 valence electrons. The van der Waals surface area contributed by atoms with Gasteiger partial charge in [0.05, 0.1) is 13.7 Å². The number of likely N-dealkylation sites (tertiary alicyclic amines) is 1. The van der Waals surface area contributed by atoms with Crippen molar-refractivity contribution in [2.24, 2.45) is 5.41 Å². The molecule has 0 aliphatic carbocycles. The van der Waals surface area contributed by atoms with Gasteiger partial charge in [0, 0.05) is 25.0 Å². The molecule has 0 unspecified atom stereocenters. The number of nitrogens with one attached hydrogen (secondary N) is 1. The van der Waals surface area contributed by atoms with Crippen molar-refractivity contribution in [2.75, 3.05) is 33.4 Å². The first-order chi connectivity index (χ1) is 17.6. The fourth-order valence-corrected chi connectivity index (χ4v) is 4.31. The van der Waals surface area contributed by atoms with Crippen LogP contribution in [0.5, 0.6) is 5.75 Å². The minimum Gasteiger partial charge on any atom is -0.497 e. The van der Waals surface area contributed by atoms with Crippen LogP contribution in [0.2, 0.25) is 0 Å². The van der Waals surface area contributed by atoms with E-state index in [0.717, 1.165) is 57.0 Å². The zero-order valence-corrected chi connectivity index (χ0v) is 20.9. The van der Waals surface area contributed by atoms with E-state index in [1.165, 1.54) is 5.56 Å². The lowest BCUT2D eigenvalue weighted by atomic mass is 9.78. The first-order valence-electron chi connectivity index (χ1n) is 12.0. The third-order valence-electron chi connectivity index (χ3n) is 6.42. The maximum absolute atomic E-state index is 12.5. The monoisotopic (exact) mass is 527 g/mol. The highest BCUT2D eigenvalue weighted by Gasteiger charge is 2.39. The highest BCUT2D eigenvalue weighted by Crippen LogP contribution is 2.37. The number of amides is 1. The van der Waals surface area contributed by atoms with Crippen molar-refractivity contribution in [1.82, 2.24) is 25.0 Å². The summed E-state index contributed by atoms with van der Waals surface area (Å²) in [5.74, 6) is -0.870. The van der Waals surface area contributed by atoms with Crippen LogP contribution in [0, 0.1) is 5.41 Å². The Bertz CT molecular complexity index is 1050. The van der Waals surface area contributed by atoms with E-state index in [4.69, 9.17) is 19.4 Å². The van der Waals surface area contributed by atoms with Crippen LogP contribution in [0.4, 0.5) is 13.2 Å². The van der Waals surface area contributed by atoms with Gasteiger partial charge in [-0.05, 0) is 50.0 Å². The largest absolute Gasteiger partial charge is 0.497 e. The van der Waals surface area contributed by atoms with Crippen molar-refractivity contribution in [3.8, 4) is 5.75 Å². The second kappa shape index (κ2) is 12.4. The van der Waals surface area contributed by atoms with Gasteiger partial charge in [-0.1, -0.05) is 19.1 Å². The van der Waals surface area contributed by atoms with Crippen LogP contribution in [-0.4, -0.2) is 76.2 Å². The number of benzene rings is 1. The summed E-state index contributed by atoms with van der Waals surface area (Å²) in [4.78, 5) is 23.9. The fraction of sp³-hybridized carbons (Fsp3) is 0.583. The lowest BCUT2D eigenvalue weighted by Crippen LogP contribution is -2.44. The molecule has 2 N–H and O–H groups in total. The number of hydrogen-bond acceptors (Lipinski definition) is 7. The molecular formula is C24H32F3N5O5. The summed E-state index contributed by atoms with van der Waals surface area (Å²) in [5, 5.41) is 18.4. The Morgan fingerprint density at radius 2 is 1.84 bits per heavy atom. The predicted octanol–water partition coefficient (Wildman–Crippen LogP) is 2.87. The molecule has 0 saturated carbocycles. The molecule has 0 radical (unpaired) electrons. The van der Waals surface area contributed by atoms with Gasteiger partial charge in [0.25, 0.3) is 5.91 Å². The lowest BCUT2D eigenvalue weighted by Gasteiger charge is -2.41. The van der Waals surface area contributed by atoms with Gasteiger partial charge in [0.2, 0.25) is 5.82 Å². The van der Waals surface area contributed by atoms with Crippen molar-refractivity contribution >= 4 is 11.9 Å². The standard InChI is InChI=1S/C22H31N5O3.C2HF3O2/c1-3-10-23-21(28)20-25-24-19-14-30-16-22(15-27(19)20)8-11-26(12-9-22)13-17-4-6-18(29-2)7-5-17;3-2(4,5)1(6)7/h4-7H,3,8-16H2,1-2H3,(H,23,28);(H,6,7). The molecule has 2 aliphatic rings. The van der Waals surface area contributed by atoms with Gasteiger partial charge >= 0.3 is 12.1 Å². The number of rotatable bonds is 6. The van der Waals surface area contributed by atoms with Gasteiger partial charge in [-0.3, -0.25) is 9.69 Å². The number of methoxy groups -OCH3 is 1. The maximum Gasteiger partial charge on any atom is 0.490 e. The average molecular weight is 528 g/mol. The van der Waals surface area contributed by atoms with Crippen molar-refractivity contribution in [3.63, 3.8) is 0 Å². The Labute approximate surface area is 212 Å². The summed E-state index contributed by atoms with van der Waals surface area (Å²) < 4.78 is 44.9. The Balaban J connectivity index is 0.000000479. The van der Waals surface area contributed by atoms with Crippen LogP contribution < -0.4 is 10.1 Å². The van der Waals surface area contributed by atoms with Crippen LogP contribution in [0.3, 0.4) is 0 Å². The summed E-state index contributed by atoms with van der Waals surface area (Å²) in [6.45, 7) is 7.46. The van der Waals surface area contributed by atoms with Crippen LogP contribution in [0.15, 0.2) is 24.3 Å². The summed E-state index contributed by atoms with van der Waals surface area (Å²) in [5.41, 5.74) is 1.31. The van der Waals surface area contributed by atoms with E-state index >= 15 is 0 Å². The van der Waals surface area contributed by atoms with E-state index < -0.39 is 12.1 Å². The molecule has 1 saturated heterocycles. The van der Waals surface area contributed by atoms with Crippen molar-refractivity contribution < 1.29 is 37.3 Å². The Morgan fingerprint density at radius 3 is 2.41 bits per heavy atom. The molecule has 37 heavy (non-hydrogen) atoms. The lowest BCUT2D eigenvalue weighted by molar-refractivity contribution is -0.192. The Kier molecular flexibility index (Phi) is 9.49. The third-order valence-corrected chi connectivity index (χ3v) is 6.42. The molecule has 2 aliphatic heterocycles. The smallest absolute Gasteiger partial charge is 0.490 e. The van der Waals surface area contributed by atoms with Crippen molar-refractivity contribution in [3.05, 3.63) is 41.5 Å².